The van der Waals surface area contributed by atoms with Gasteiger partial charge in [0.2, 0.25) is 0 Å². The van der Waals surface area contributed by atoms with Crippen molar-refractivity contribution in [3.05, 3.63) is 29.8 Å². The van der Waals surface area contributed by atoms with Gasteiger partial charge in [-0.2, -0.15) is 0 Å². The molecule has 0 heterocycles. The minimum atomic E-state index is -1.01. The summed E-state index contributed by atoms with van der Waals surface area (Å²) in [6, 6.07) is 7.50. The summed E-state index contributed by atoms with van der Waals surface area (Å²) in [6.45, 7) is 4.17. The van der Waals surface area contributed by atoms with Gasteiger partial charge in [-0.3, -0.25) is 5.32 Å². The third-order valence-electron chi connectivity index (χ3n) is 2.35. The predicted molar refractivity (Wildman–Crippen MR) is 56.8 cm³/mol. The fraction of sp³-hybridized carbons (Fsp3) is 0.364. The predicted octanol–water partition coefficient (Wildman–Crippen LogP) is 3.29. The summed E-state index contributed by atoms with van der Waals surface area (Å²) in [6.07, 6.45) is -0.0149. The molecule has 0 radical (unpaired) electrons. The highest BCUT2D eigenvalue weighted by molar-refractivity contribution is 5.84. The van der Waals surface area contributed by atoms with E-state index < -0.39 is 6.09 Å². The fourth-order valence-electron chi connectivity index (χ4n) is 1.38. The van der Waals surface area contributed by atoms with Crippen molar-refractivity contribution >= 4 is 11.8 Å². The van der Waals surface area contributed by atoms with E-state index in [0.29, 0.717) is 11.6 Å². The third kappa shape index (κ3) is 2.49. The summed E-state index contributed by atoms with van der Waals surface area (Å²) >= 11 is 0. The van der Waals surface area contributed by atoms with Crippen LogP contribution in [0.4, 0.5) is 10.5 Å². The molecule has 76 valence electrons. The number of hydrogen-bond acceptors (Lipinski definition) is 1. The summed E-state index contributed by atoms with van der Waals surface area (Å²) in [7, 11) is 0. The molecule has 1 aromatic carbocycles. The van der Waals surface area contributed by atoms with Crippen LogP contribution >= 0.6 is 0 Å². The summed E-state index contributed by atoms with van der Waals surface area (Å²) < 4.78 is 0. The van der Waals surface area contributed by atoms with Crippen LogP contribution in [0.5, 0.6) is 0 Å². The van der Waals surface area contributed by atoms with E-state index in [1.54, 1.807) is 6.07 Å². The van der Waals surface area contributed by atoms with Crippen molar-refractivity contribution in [2.75, 3.05) is 5.32 Å². The van der Waals surface area contributed by atoms with Crippen molar-refractivity contribution in [3.63, 3.8) is 0 Å². The molecule has 1 rings (SSSR count). The van der Waals surface area contributed by atoms with Gasteiger partial charge in [-0.15, -0.1) is 0 Å². The Morgan fingerprint density at radius 1 is 1.50 bits per heavy atom. The lowest BCUT2D eigenvalue weighted by molar-refractivity contribution is 0.209. The van der Waals surface area contributed by atoms with Gasteiger partial charge < -0.3 is 5.11 Å². The monoisotopic (exact) mass is 193 g/mol. The molecule has 0 fully saturated rings. The SMILES string of the molecule is CCC(C)c1ccccc1NC(=O)O. The molecule has 0 aliphatic heterocycles. The highest BCUT2D eigenvalue weighted by atomic mass is 16.4. The Morgan fingerprint density at radius 2 is 2.14 bits per heavy atom. The smallest absolute Gasteiger partial charge is 0.409 e. The van der Waals surface area contributed by atoms with Crippen molar-refractivity contribution < 1.29 is 9.90 Å². The van der Waals surface area contributed by atoms with E-state index in [2.05, 4.69) is 19.2 Å². The zero-order valence-electron chi connectivity index (χ0n) is 8.45. The lowest BCUT2D eigenvalue weighted by Crippen LogP contribution is -2.10. The Morgan fingerprint density at radius 3 is 2.71 bits per heavy atom. The minimum Gasteiger partial charge on any atom is -0.465 e. The number of para-hydroxylation sites is 1. The van der Waals surface area contributed by atoms with Gasteiger partial charge >= 0.3 is 6.09 Å². The van der Waals surface area contributed by atoms with Crippen LogP contribution in [-0.4, -0.2) is 11.2 Å². The maximum Gasteiger partial charge on any atom is 0.409 e. The van der Waals surface area contributed by atoms with Gasteiger partial charge in [-0.05, 0) is 24.0 Å². The van der Waals surface area contributed by atoms with Crippen molar-refractivity contribution in [2.45, 2.75) is 26.2 Å². The van der Waals surface area contributed by atoms with Gasteiger partial charge in [0.25, 0.3) is 0 Å². The molecule has 1 atom stereocenters. The lowest BCUT2D eigenvalue weighted by Gasteiger charge is -2.13. The molecule has 2 N–H and O–H groups in total. The molecule has 0 saturated heterocycles. The summed E-state index contributed by atoms with van der Waals surface area (Å²) in [5, 5.41) is 11.0. The lowest BCUT2D eigenvalue weighted by atomic mass is 9.97. The van der Waals surface area contributed by atoms with Crippen LogP contribution in [0.15, 0.2) is 24.3 Å². The van der Waals surface area contributed by atoms with Gasteiger partial charge in [0, 0.05) is 5.69 Å². The largest absolute Gasteiger partial charge is 0.465 e. The number of amides is 1. The van der Waals surface area contributed by atoms with Crippen LogP contribution < -0.4 is 5.32 Å². The van der Waals surface area contributed by atoms with Crippen molar-refractivity contribution in [1.29, 1.82) is 0 Å². The highest BCUT2D eigenvalue weighted by Gasteiger charge is 2.09. The quantitative estimate of drug-likeness (QED) is 0.773. The van der Waals surface area contributed by atoms with Crippen LogP contribution in [0.3, 0.4) is 0 Å². The molecule has 0 spiro atoms. The molecule has 1 amide bonds. The van der Waals surface area contributed by atoms with Gasteiger partial charge in [0.1, 0.15) is 0 Å². The first-order valence-corrected chi connectivity index (χ1v) is 4.74. The molecule has 0 saturated carbocycles. The van der Waals surface area contributed by atoms with Crippen LogP contribution in [0.25, 0.3) is 0 Å². The molecule has 1 aromatic rings. The van der Waals surface area contributed by atoms with Gasteiger partial charge in [-0.25, -0.2) is 4.79 Å². The molecule has 0 aliphatic carbocycles. The second-order valence-electron chi connectivity index (χ2n) is 3.33. The van der Waals surface area contributed by atoms with Gasteiger partial charge in [0.15, 0.2) is 0 Å². The zero-order valence-corrected chi connectivity index (χ0v) is 8.45. The molecule has 3 heteroatoms. The molecule has 0 aliphatic rings. The van der Waals surface area contributed by atoms with E-state index in [9.17, 15) is 4.79 Å². The standard InChI is InChI=1S/C11H15NO2/c1-3-8(2)9-6-4-5-7-10(9)12-11(13)14/h4-8,12H,3H2,1-2H3,(H,13,14). The van der Waals surface area contributed by atoms with E-state index in [1.807, 2.05) is 18.2 Å². The molecule has 3 nitrogen and oxygen atoms in total. The van der Waals surface area contributed by atoms with E-state index in [0.717, 1.165) is 12.0 Å². The summed E-state index contributed by atoms with van der Waals surface area (Å²) in [5.74, 6) is 0.373. The minimum absolute atomic E-state index is 0.373. The second-order valence-corrected chi connectivity index (χ2v) is 3.33. The average molecular weight is 193 g/mol. The molecule has 14 heavy (non-hydrogen) atoms. The van der Waals surface area contributed by atoms with Gasteiger partial charge in [-0.1, -0.05) is 32.0 Å². The van der Waals surface area contributed by atoms with E-state index in [4.69, 9.17) is 5.11 Å². The third-order valence-corrected chi connectivity index (χ3v) is 2.35. The Balaban J connectivity index is 2.96. The topological polar surface area (TPSA) is 49.3 Å². The van der Waals surface area contributed by atoms with Crippen LogP contribution in [-0.2, 0) is 0 Å². The Labute approximate surface area is 83.8 Å². The first-order valence-electron chi connectivity index (χ1n) is 4.74. The molecule has 0 bridgehead atoms. The van der Waals surface area contributed by atoms with Crippen molar-refractivity contribution in [1.82, 2.24) is 0 Å². The van der Waals surface area contributed by atoms with Crippen molar-refractivity contribution in [2.24, 2.45) is 0 Å². The second kappa shape index (κ2) is 4.65. The number of anilines is 1. The average Bonchev–Trinajstić information content (AvgIpc) is 2.16. The molecule has 1 unspecified atom stereocenters. The fourth-order valence-corrected chi connectivity index (χ4v) is 1.38. The van der Waals surface area contributed by atoms with Crippen LogP contribution in [0, 0.1) is 0 Å². The number of hydrogen-bond donors (Lipinski definition) is 2. The van der Waals surface area contributed by atoms with E-state index in [1.165, 1.54) is 0 Å². The number of carboxylic acid groups (broad SMARTS) is 1. The number of carbonyl (C=O) groups is 1. The maximum atomic E-state index is 10.5. The van der Waals surface area contributed by atoms with Crippen molar-refractivity contribution in [3.8, 4) is 0 Å². The van der Waals surface area contributed by atoms with Gasteiger partial charge in [0.05, 0.1) is 0 Å². The maximum absolute atomic E-state index is 10.5. The number of nitrogens with one attached hydrogen (secondary N) is 1. The molecule has 0 aromatic heterocycles. The number of rotatable bonds is 3. The van der Waals surface area contributed by atoms with Crippen LogP contribution in [0.1, 0.15) is 31.7 Å². The summed E-state index contributed by atoms with van der Waals surface area (Å²) in [4.78, 5) is 10.5. The number of benzene rings is 1. The Kier molecular flexibility index (Phi) is 3.51. The van der Waals surface area contributed by atoms with E-state index >= 15 is 0 Å². The first-order chi connectivity index (χ1) is 6.65. The van der Waals surface area contributed by atoms with Crippen LogP contribution in [0.2, 0.25) is 0 Å². The molecular weight excluding hydrogens is 178 g/mol. The summed E-state index contributed by atoms with van der Waals surface area (Å²) in [5.41, 5.74) is 1.74. The van der Waals surface area contributed by atoms with E-state index in [-0.39, 0.29) is 0 Å². The highest BCUT2D eigenvalue weighted by Crippen LogP contribution is 2.26. The Hall–Kier alpha value is -1.51. The normalized spacial score (nSPS) is 12.1. The zero-order chi connectivity index (χ0) is 10.6. The first kappa shape index (κ1) is 10.6. The molecular formula is C11H15NO2. The Bertz CT molecular complexity index is 323.